The Hall–Kier alpha value is -2.84. The highest BCUT2D eigenvalue weighted by Crippen LogP contribution is 2.24. The van der Waals surface area contributed by atoms with Crippen LogP contribution in [0.15, 0.2) is 29.3 Å². The molecule has 0 aliphatic heterocycles. The molecule has 2 aromatic heterocycles. The summed E-state index contributed by atoms with van der Waals surface area (Å²) >= 11 is 0. The third-order valence-corrected chi connectivity index (χ3v) is 3.47. The number of carboxylic acid groups (broad SMARTS) is 1. The quantitative estimate of drug-likeness (QED) is 0.638. The molecule has 0 atom stereocenters. The second-order valence-corrected chi connectivity index (χ2v) is 5.34. The van der Waals surface area contributed by atoms with Gasteiger partial charge in [-0.2, -0.15) is 13.2 Å². The molecule has 24 heavy (non-hydrogen) atoms. The van der Waals surface area contributed by atoms with Crippen molar-refractivity contribution in [1.29, 1.82) is 0 Å². The van der Waals surface area contributed by atoms with Crippen LogP contribution in [0.2, 0.25) is 0 Å². The SMILES string of the molecule is CN(C)c1cc2c3c(ccn2C)c[nH+]c3c1=O.O=C([O-])C(F)(F)F. The molecule has 1 aromatic carbocycles. The molecule has 128 valence electrons. The highest BCUT2D eigenvalue weighted by atomic mass is 19.4. The number of hydrogen-bond acceptors (Lipinski definition) is 4. The fourth-order valence-corrected chi connectivity index (χ4v) is 2.30. The van der Waals surface area contributed by atoms with Gasteiger partial charge in [-0.25, -0.2) is 4.98 Å². The van der Waals surface area contributed by atoms with E-state index in [1.165, 1.54) is 0 Å². The Morgan fingerprint density at radius 2 is 1.92 bits per heavy atom. The molecule has 0 amide bonds. The van der Waals surface area contributed by atoms with Gasteiger partial charge in [0.15, 0.2) is 6.20 Å². The van der Waals surface area contributed by atoms with Crippen molar-refractivity contribution in [2.75, 3.05) is 19.0 Å². The number of alkyl halides is 3. The smallest absolute Gasteiger partial charge is 0.430 e. The number of aromatic nitrogens is 2. The predicted octanol–water partition coefficient (Wildman–Crippen LogP) is 0.308. The number of carboxylic acids is 1. The standard InChI is InChI=1S/C13H13N3O.C2HF3O2/c1-15(2)10-6-9-11-8(4-5-16(9)3)7-14-12(11)13(10)17;3-2(4,5)1(6)7/h4-7H,1-3H3;(H,6,7). The number of hydrogen-bond donors (Lipinski definition) is 0. The number of aryl methyl sites for hydroxylation is 1. The van der Waals surface area contributed by atoms with Crippen molar-refractivity contribution in [1.82, 2.24) is 4.57 Å². The van der Waals surface area contributed by atoms with E-state index in [2.05, 4.69) is 4.98 Å². The molecule has 2 heterocycles. The van der Waals surface area contributed by atoms with Gasteiger partial charge in [-0.3, -0.25) is 4.79 Å². The summed E-state index contributed by atoms with van der Waals surface area (Å²) in [6.45, 7) is 0. The number of halogens is 3. The van der Waals surface area contributed by atoms with Gasteiger partial charge in [-0.1, -0.05) is 0 Å². The largest absolute Gasteiger partial charge is 0.542 e. The summed E-state index contributed by atoms with van der Waals surface area (Å²) in [6, 6.07) is 3.96. The predicted molar refractivity (Wildman–Crippen MR) is 79.8 cm³/mol. The minimum atomic E-state index is -5.19. The van der Waals surface area contributed by atoms with Gasteiger partial charge in [0.2, 0.25) is 0 Å². The molecule has 0 aliphatic carbocycles. The molecule has 3 rings (SSSR count). The van der Waals surface area contributed by atoms with Crippen LogP contribution in [0, 0.1) is 0 Å². The highest BCUT2D eigenvalue weighted by molar-refractivity contribution is 6.07. The van der Waals surface area contributed by atoms with Crippen LogP contribution in [0.25, 0.3) is 21.8 Å². The lowest BCUT2D eigenvalue weighted by Gasteiger charge is -2.12. The Morgan fingerprint density at radius 1 is 1.33 bits per heavy atom. The normalized spacial score (nSPS) is 11.4. The molecule has 1 N–H and O–H groups in total. The van der Waals surface area contributed by atoms with Crippen LogP contribution < -0.4 is 20.4 Å². The summed E-state index contributed by atoms with van der Waals surface area (Å²) in [5.74, 6) is -3.01. The minimum absolute atomic E-state index is 0.0590. The van der Waals surface area contributed by atoms with Crippen LogP contribution in [-0.4, -0.2) is 30.8 Å². The average Bonchev–Trinajstić information content (AvgIpc) is 2.89. The van der Waals surface area contributed by atoms with Crippen LogP contribution in [0.1, 0.15) is 0 Å². The maximum atomic E-state index is 12.3. The van der Waals surface area contributed by atoms with E-state index in [1.54, 1.807) is 0 Å². The highest BCUT2D eigenvalue weighted by Gasteiger charge is 2.28. The van der Waals surface area contributed by atoms with Crippen LogP contribution in [0.5, 0.6) is 0 Å². The third kappa shape index (κ3) is 3.10. The molecule has 0 fully saturated rings. The lowest BCUT2D eigenvalue weighted by atomic mass is 10.1. The maximum absolute atomic E-state index is 12.3. The van der Waals surface area contributed by atoms with Gasteiger partial charge in [0, 0.05) is 27.3 Å². The second kappa shape index (κ2) is 5.99. The molecule has 0 unspecified atom stereocenters. The molecule has 0 spiro atoms. The Kier molecular flexibility index (Phi) is 4.37. The Labute approximate surface area is 134 Å². The van der Waals surface area contributed by atoms with Crippen molar-refractivity contribution in [3.8, 4) is 0 Å². The van der Waals surface area contributed by atoms with Crippen molar-refractivity contribution in [3.05, 3.63) is 34.7 Å². The van der Waals surface area contributed by atoms with Gasteiger partial charge in [-0.15, -0.1) is 0 Å². The van der Waals surface area contributed by atoms with Gasteiger partial charge in [0.1, 0.15) is 5.97 Å². The van der Waals surface area contributed by atoms with Crippen molar-refractivity contribution in [2.24, 2.45) is 7.05 Å². The molecule has 3 aromatic rings. The number of pyridine rings is 1. The zero-order valence-electron chi connectivity index (χ0n) is 13.1. The molecular weight excluding hydrogens is 327 g/mol. The maximum Gasteiger partial charge on any atom is 0.430 e. The summed E-state index contributed by atoms with van der Waals surface area (Å²) in [5.41, 5.74) is 2.53. The number of aromatic amines is 1. The zero-order valence-corrected chi connectivity index (χ0v) is 13.1. The van der Waals surface area contributed by atoms with Crippen molar-refractivity contribution in [2.45, 2.75) is 6.18 Å². The fourth-order valence-electron chi connectivity index (χ4n) is 2.30. The monoisotopic (exact) mass is 341 g/mol. The van der Waals surface area contributed by atoms with E-state index in [0.717, 1.165) is 16.3 Å². The summed E-state index contributed by atoms with van der Waals surface area (Å²) in [6.07, 6.45) is -1.30. The molecule has 6 nitrogen and oxygen atoms in total. The molecule has 0 bridgehead atoms. The molecule has 0 saturated carbocycles. The summed E-state index contributed by atoms with van der Waals surface area (Å²) in [4.78, 5) is 26.0. The first-order valence-electron chi connectivity index (χ1n) is 6.75. The summed E-state index contributed by atoms with van der Waals surface area (Å²) < 4.78 is 33.6. The Balaban J connectivity index is 0.000000256. The van der Waals surface area contributed by atoms with Crippen LogP contribution in [0.4, 0.5) is 18.9 Å². The number of nitrogens with one attached hydrogen (secondary N) is 1. The number of carbonyl (C=O) groups is 1. The number of aliphatic carboxylic acids is 1. The number of anilines is 1. The van der Waals surface area contributed by atoms with E-state index in [9.17, 15) is 18.0 Å². The van der Waals surface area contributed by atoms with E-state index in [0.29, 0.717) is 11.2 Å². The van der Waals surface area contributed by atoms with Crippen LogP contribution in [0.3, 0.4) is 0 Å². The minimum Gasteiger partial charge on any atom is -0.542 e. The third-order valence-electron chi connectivity index (χ3n) is 3.47. The van der Waals surface area contributed by atoms with E-state index in [4.69, 9.17) is 9.90 Å². The van der Waals surface area contributed by atoms with Crippen LogP contribution in [-0.2, 0) is 11.8 Å². The molecular formula is C15H14F3N3O3. The van der Waals surface area contributed by atoms with Crippen molar-refractivity contribution >= 4 is 33.5 Å². The van der Waals surface area contributed by atoms with E-state index < -0.39 is 12.1 Å². The van der Waals surface area contributed by atoms with Gasteiger partial charge in [-0.05, 0) is 12.1 Å². The van der Waals surface area contributed by atoms with Crippen molar-refractivity contribution in [3.63, 3.8) is 0 Å². The number of carbonyl (C=O) groups excluding carboxylic acids is 1. The molecule has 0 radical (unpaired) electrons. The number of rotatable bonds is 1. The average molecular weight is 341 g/mol. The number of benzene rings is 1. The van der Waals surface area contributed by atoms with Crippen LogP contribution >= 0.6 is 0 Å². The zero-order chi connectivity index (χ0) is 18.2. The second-order valence-electron chi connectivity index (χ2n) is 5.34. The lowest BCUT2D eigenvalue weighted by molar-refractivity contribution is -0.344. The van der Waals surface area contributed by atoms with Gasteiger partial charge in [0.25, 0.3) is 10.9 Å². The Bertz CT molecular complexity index is 948. The number of nitrogens with zero attached hydrogens (tertiary/aromatic N) is 2. The first kappa shape index (κ1) is 17.5. The number of H-pyrrole nitrogens is 1. The van der Waals surface area contributed by atoms with Gasteiger partial charge in [0.05, 0.1) is 22.0 Å². The van der Waals surface area contributed by atoms with E-state index in [1.807, 2.05) is 55.1 Å². The lowest BCUT2D eigenvalue weighted by Crippen LogP contribution is -2.37. The Morgan fingerprint density at radius 3 is 2.42 bits per heavy atom. The summed E-state index contributed by atoms with van der Waals surface area (Å²) in [7, 11) is 5.76. The molecule has 0 saturated heterocycles. The molecule has 9 heteroatoms. The van der Waals surface area contributed by atoms with Gasteiger partial charge < -0.3 is 19.4 Å². The van der Waals surface area contributed by atoms with E-state index >= 15 is 0 Å². The topological polar surface area (TPSA) is 79.5 Å². The van der Waals surface area contributed by atoms with Crippen molar-refractivity contribution < 1.29 is 28.1 Å². The van der Waals surface area contributed by atoms with Gasteiger partial charge >= 0.3 is 6.18 Å². The first-order chi connectivity index (χ1) is 11.0. The fraction of sp³-hybridized carbons (Fsp3) is 0.267. The molecule has 0 aliphatic rings. The van der Waals surface area contributed by atoms with E-state index in [-0.39, 0.29) is 5.43 Å². The summed E-state index contributed by atoms with van der Waals surface area (Å²) in [5, 5.41) is 10.9. The first-order valence-corrected chi connectivity index (χ1v) is 6.75.